The first-order chi connectivity index (χ1) is 19.6. The summed E-state index contributed by atoms with van der Waals surface area (Å²) in [6.07, 6.45) is 7.88. The number of nitrogens with one attached hydrogen (secondary N) is 1. The van der Waals surface area contributed by atoms with E-state index in [0.717, 1.165) is 30.2 Å². The number of carbonyl (C=O) groups is 4. The summed E-state index contributed by atoms with van der Waals surface area (Å²) in [5, 5.41) is 1.74. The van der Waals surface area contributed by atoms with Gasteiger partial charge in [-0.25, -0.2) is 4.39 Å². The molecular weight excluding hydrogens is 571 g/mol. The fourth-order valence-corrected chi connectivity index (χ4v) is 8.15. The number of hydrogen-bond acceptors (Lipinski definition) is 7. The Morgan fingerprint density at radius 3 is 2.39 bits per heavy atom. The fourth-order valence-electron chi connectivity index (χ4n) is 7.13. The molecule has 4 saturated carbocycles. The maximum atomic E-state index is 13.4. The maximum absolute atomic E-state index is 13.4. The number of ether oxygens (including phenoxy) is 2. The van der Waals surface area contributed by atoms with Gasteiger partial charge in [-0.3, -0.25) is 24.1 Å². The van der Waals surface area contributed by atoms with E-state index in [1.807, 2.05) is 0 Å². The monoisotopic (exact) mass is 598 g/mol. The Bertz CT molecular complexity index is 1460. The van der Waals surface area contributed by atoms with Gasteiger partial charge in [0.2, 0.25) is 5.91 Å². The molecule has 214 valence electrons. The van der Waals surface area contributed by atoms with Crippen LogP contribution in [0.4, 0.5) is 14.9 Å². The van der Waals surface area contributed by atoms with Gasteiger partial charge in [-0.1, -0.05) is 17.7 Å². The fraction of sp³-hybridized carbons (Fsp3) is 0.400. The first-order valence-electron chi connectivity index (χ1n) is 13.5. The van der Waals surface area contributed by atoms with Crippen LogP contribution in [0.5, 0.6) is 11.5 Å². The zero-order valence-corrected chi connectivity index (χ0v) is 23.9. The quantitative estimate of drug-likeness (QED) is 0.227. The number of esters is 1. The van der Waals surface area contributed by atoms with E-state index in [4.69, 9.17) is 21.1 Å². The van der Waals surface area contributed by atoms with Gasteiger partial charge in [-0.05, 0) is 110 Å². The SMILES string of the molecule is COc1cc(/C=C2\SC(=O)N(CC(=O)Nc3ccc(F)c(Cl)c3)C2=O)ccc1OC(=O)C12CC3CC(CC(C3)C1)C2. The number of benzene rings is 2. The molecule has 2 aromatic rings. The van der Waals surface area contributed by atoms with E-state index in [1.54, 1.807) is 18.2 Å². The van der Waals surface area contributed by atoms with Crippen LogP contribution in [-0.2, 0) is 14.4 Å². The molecule has 1 heterocycles. The number of amides is 3. The predicted molar refractivity (Wildman–Crippen MR) is 152 cm³/mol. The third-order valence-corrected chi connectivity index (χ3v) is 9.74. The van der Waals surface area contributed by atoms with Crippen LogP contribution in [0, 0.1) is 29.0 Å². The van der Waals surface area contributed by atoms with Crippen molar-refractivity contribution >= 4 is 58.1 Å². The second kappa shape index (κ2) is 10.8. The Labute approximate surface area is 245 Å². The number of carbonyl (C=O) groups excluding carboxylic acids is 4. The molecule has 3 amide bonds. The summed E-state index contributed by atoms with van der Waals surface area (Å²) in [6, 6.07) is 8.62. The second-order valence-electron chi connectivity index (χ2n) is 11.4. The average molecular weight is 599 g/mol. The zero-order chi connectivity index (χ0) is 28.9. The van der Waals surface area contributed by atoms with E-state index < -0.39 is 34.8 Å². The number of halogens is 2. The van der Waals surface area contributed by atoms with E-state index in [9.17, 15) is 23.6 Å². The molecule has 1 saturated heterocycles. The summed E-state index contributed by atoms with van der Waals surface area (Å²) >= 11 is 6.45. The van der Waals surface area contributed by atoms with Crippen LogP contribution in [0.3, 0.4) is 0 Å². The summed E-state index contributed by atoms with van der Waals surface area (Å²) < 4.78 is 24.8. The Kier molecular flexibility index (Phi) is 7.32. The largest absolute Gasteiger partial charge is 0.493 e. The highest BCUT2D eigenvalue weighted by Gasteiger charge is 2.55. The van der Waals surface area contributed by atoms with E-state index in [0.29, 0.717) is 46.6 Å². The number of hydrogen-bond donors (Lipinski definition) is 1. The van der Waals surface area contributed by atoms with E-state index >= 15 is 0 Å². The van der Waals surface area contributed by atoms with Crippen LogP contribution in [0.2, 0.25) is 5.02 Å². The van der Waals surface area contributed by atoms with Crippen molar-refractivity contribution in [1.82, 2.24) is 4.90 Å². The lowest BCUT2D eigenvalue weighted by molar-refractivity contribution is -0.161. The lowest BCUT2D eigenvalue weighted by Crippen LogP contribution is -2.51. The van der Waals surface area contributed by atoms with Gasteiger partial charge in [0.25, 0.3) is 11.1 Å². The Hall–Kier alpha value is -3.37. The lowest BCUT2D eigenvalue weighted by Gasteiger charge is -2.55. The molecule has 0 atom stereocenters. The summed E-state index contributed by atoms with van der Waals surface area (Å²) in [5.74, 6) is 0.412. The summed E-state index contributed by atoms with van der Waals surface area (Å²) in [5.41, 5.74) is 0.388. The standard InChI is InChI=1S/C30H28ClFN2O6S/c1-39-24-9-16(2-5-23(24)40-28(37)30-12-17-6-18(13-30)8-19(7-17)14-30)10-25-27(36)34(29(38)41-25)15-26(35)33-20-3-4-22(32)21(31)11-20/h2-5,9-11,17-19H,6-8,12-15H2,1H3,(H,33,35)/b25-10-. The van der Waals surface area contributed by atoms with Gasteiger partial charge < -0.3 is 14.8 Å². The van der Waals surface area contributed by atoms with Gasteiger partial charge in [-0.15, -0.1) is 0 Å². The van der Waals surface area contributed by atoms with Crippen molar-refractivity contribution in [1.29, 1.82) is 0 Å². The highest BCUT2D eigenvalue weighted by atomic mass is 35.5. The van der Waals surface area contributed by atoms with Crippen LogP contribution < -0.4 is 14.8 Å². The molecule has 0 spiro atoms. The smallest absolute Gasteiger partial charge is 0.317 e. The molecule has 41 heavy (non-hydrogen) atoms. The van der Waals surface area contributed by atoms with Gasteiger partial charge in [-0.2, -0.15) is 0 Å². The lowest BCUT2D eigenvalue weighted by atomic mass is 9.49. The van der Waals surface area contributed by atoms with Crippen LogP contribution >= 0.6 is 23.4 Å². The summed E-state index contributed by atoms with van der Waals surface area (Å²) in [4.78, 5) is 52.3. The summed E-state index contributed by atoms with van der Waals surface area (Å²) in [6.45, 7) is -0.514. The number of anilines is 1. The van der Waals surface area contributed by atoms with Crippen molar-refractivity contribution in [3.05, 3.63) is 57.7 Å². The average Bonchev–Trinajstić information content (AvgIpc) is 3.18. The normalized spacial score (nSPS) is 27.4. The van der Waals surface area contributed by atoms with Crippen molar-refractivity contribution < 1.29 is 33.0 Å². The molecule has 4 aliphatic carbocycles. The van der Waals surface area contributed by atoms with Gasteiger partial charge in [0.15, 0.2) is 11.5 Å². The van der Waals surface area contributed by atoms with Crippen LogP contribution in [0.1, 0.15) is 44.1 Å². The molecule has 7 rings (SSSR count). The first-order valence-corrected chi connectivity index (χ1v) is 14.7. The first kappa shape index (κ1) is 27.8. The number of methoxy groups -OCH3 is 1. The Balaban J connectivity index is 1.12. The van der Waals surface area contributed by atoms with Crippen molar-refractivity contribution in [2.24, 2.45) is 23.2 Å². The molecule has 5 fully saturated rings. The van der Waals surface area contributed by atoms with Gasteiger partial charge in [0, 0.05) is 5.69 Å². The van der Waals surface area contributed by atoms with Crippen molar-refractivity contribution in [3.8, 4) is 11.5 Å². The third kappa shape index (κ3) is 5.47. The zero-order valence-electron chi connectivity index (χ0n) is 22.3. The van der Waals surface area contributed by atoms with Crippen molar-refractivity contribution in [2.45, 2.75) is 38.5 Å². The Morgan fingerprint density at radius 2 is 1.76 bits per heavy atom. The minimum atomic E-state index is -0.636. The van der Waals surface area contributed by atoms with Gasteiger partial charge in [0.05, 0.1) is 22.5 Å². The van der Waals surface area contributed by atoms with E-state index in [-0.39, 0.29) is 21.6 Å². The molecule has 0 unspecified atom stereocenters. The minimum Gasteiger partial charge on any atom is -0.493 e. The van der Waals surface area contributed by atoms with Crippen LogP contribution in [0.15, 0.2) is 41.3 Å². The molecule has 1 N–H and O–H groups in total. The minimum absolute atomic E-state index is 0.132. The highest BCUT2D eigenvalue weighted by Crippen LogP contribution is 2.60. The van der Waals surface area contributed by atoms with E-state index in [1.165, 1.54) is 44.6 Å². The number of imide groups is 1. The molecule has 0 radical (unpaired) electrons. The molecule has 1 aliphatic heterocycles. The van der Waals surface area contributed by atoms with Crippen LogP contribution in [-0.4, -0.2) is 41.6 Å². The molecule has 4 bridgehead atoms. The molecule has 8 nitrogen and oxygen atoms in total. The summed E-state index contributed by atoms with van der Waals surface area (Å²) in [7, 11) is 1.47. The molecule has 2 aromatic carbocycles. The third-order valence-electron chi connectivity index (χ3n) is 8.54. The second-order valence-corrected chi connectivity index (χ2v) is 12.8. The van der Waals surface area contributed by atoms with Gasteiger partial charge in [0.1, 0.15) is 12.4 Å². The number of rotatable bonds is 7. The maximum Gasteiger partial charge on any atom is 0.317 e. The van der Waals surface area contributed by atoms with Crippen LogP contribution in [0.25, 0.3) is 6.08 Å². The van der Waals surface area contributed by atoms with Gasteiger partial charge >= 0.3 is 5.97 Å². The molecule has 5 aliphatic rings. The molecular formula is C30H28ClFN2O6S. The van der Waals surface area contributed by atoms with Crippen molar-refractivity contribution in [2.75, 3.05) is 19.0 Å². The van der Waals surface area contributed by atoms with Crippen molar-refractivity contribution in [3.63, 3.8) is 0 Å². The Morgan fingerprint density at radius 1 is 1.07 bits per heavy atom. The van der Waals surface area contributed by atoms with E-state index in [2.05, 4.69) is 5.32 Å². The number of thioether (sulfide) groups is 1. The molecule has 0 aromatic heterocycles. The topological polar surface area (TPSA) is 102 Å². The molecule has 11 heteroatoms. The highest BCUT2D eigenvalue weighted by molar-refractivity contribution is 8.18. The number of nitrogens with zero attached hydrogens (tertiary/aromatic N) is 1. The predicted octanol–water partition coefficient (Wildman–Crippen LogP) is 6.28.